The minimum atomic E-state index is -0.441. The molecule has 0 aromatic heterocycles. The lowest BCUT2D eigenvalue weighted by Crippen LogP contribution is -2.09. The number of benzene rings is 1. The quantitative estimate of drug-likeness (QED) is 0.453. The van der Waals surface area contributed by atoms with Crippen LogP contribution in [0.2, 0.25) is 0 Å². The number of esters is 2. The first kappa shape index (κ1) is 19.1. The smallest absolute Gasteiger partial charge is 0.306 e. The number of unbranched alkanes of at least 4 members (excludes halogenated alkanes) is 3. The Hall–Kier alpha value is -1.91. The van der Waals surface area contributed by atoms with Crippen LogP contribution in [0, 0.1) is 5.82 Å². The van der Waals surface area contributed by atoms with Crippen molar-refractivity contribution < 1.29 is 23.5 Å². The summed E-state index contributed by atoms with van der Waals surface area (Å²) >= 11 is 0. The molecule has 0 bridgehead atoms. The molecule has 5 heteroatoms. The molecule has 0 saturated carbocycles. The third-order valence-corrected chi connectivity index (χ3v) is 3.37. The largest absolute Gasteiger partial charge is 0.466 e. The van der Waals surface area contributed by atoms with Crippen molar-refractivity contribution in [3.8, 4) is 0 Å². The lowest BCUT2D eigenvalue weighted by molar-refractivity contribution is -0.146. The van der Waals surface area contributed by atoms with E-state index in [2.05, 4.69) is 6.92 Å². The molecule has 1 aromatic carbocycles. The average molecular weight is 324 g/mol. The number of halogens is 1. The van der Waals surface area contributed by atoms with E-state index in [9.17, 15) is 14.0 Å². The molecule has 0 amide bonds. The molecule has 0 aliphatic heterocycles. The van der Waals surface area contributed by atoms with Crippen LogP contribution in [-0.2, 0) is 25.7 Å². The maximum absolute atomic E-state index is 13.3. The van der Waals surface area contributed by atoms with Gasteiger partial charge in [0.1, 0.15) is 12.4 Å². The summed E-state index contributed by atoms with van der Waals surface area (Å²) in [6.07, 6.45) is 4.93. The van der Waals surface area contributed by atoms with Crippen LogP contribution in [0.15, 0.2) is 24.3 Å². The lowest BCUT2D eigenvalue weighted by atomic mass is 10.2. The molecule has 0 spiro atoms. The van der Waals surface area contributed by atoms with Gasteiger partial charge in [-0.3, -0.25) is 9.59 Å². The molecule has 4 nitrogen and oxygen atoms in total. The molecule has 1 aromatic rings. The number of carbonyl (C=O) groups excluding carboxylic acids is 2. The van der Waals surface area contributed by atoms with Crippen molar-refractivity contribution in [3.63, 3.8) is 0 Å². The van der Waals surface area contributed by atoms with Gasteiger partial charge in [0.2, 0.25) is 0 Å². The van der Waals surface area contributed by atoms with E-state index in [0.29, 0.717) is 18.6 Å². The molecule has 0 atom stereocenters. The predicted molar refractivity (Wildman–Crippen MR) is 85.1 cm³/mol. The van der Waals surface area contributed by atoms with E-state index in [0.717, 1.165) is 25.7 Å². The highest BCUT2D eigenvalue weighted by Gasteiger charge is 2.09. The highest BCUT2D eigenvalue weighted by atomic mass is 19.1. The summed E-state index contributed by atoms with van der Waals surface area (Å²) in [6, 6.07) is 6.15. The molecule has 0 fully saturated rings. The van der Waals surface area contributed by atoms with Crippen LogP contribution >= 0.6 is 0 Å². The number of carbonyl (C=O) groups is 2. The first-order valence-electron chi connectivity index (χ1n) is 8.18. The molecule has 0 aliphatic carbocycles. The number of rotatable bonds is 11. The van der Waals surface area contributed by atoms with Crippen molar-refractivity contribution in [2.45, 2.75) is 58.5 Å². The van der Waals surface area contributed by atoms with Gasteiger partial charge in [0.25, 0.3) is 0 Å². The summed E-state index contributed by atoms with van der Waals surface area (Å²) in [5, 5.41) is 0. The van der Waals surface area contributed by atoms with Gasteiger partial charge in [-0.05, 0) is 18.9 Å². The third kappa shape index (κ3) is 8.96. The Morgan fingerprint density at radius 1 is 0.957 bits per heavy atom. The van der Waals surface area contributed by atoms with Crippen LogP contribution < -0.4 is 0 Å². The molecule has 0 radical (unpaired) electrons. The highest BCUT2D eigenvalue weighted by Crippen LogP contribution is 2.09. The van der Waals surface area contributed by atoms with E-state index in [4.69, 9.17) is 9.47 Å². The Bertz CT molecular complexity index is 488. The summed E-state index contributed by atoms with van der Waals surface area (Å²) in [5.41, 5.74) is 0.340. The van der Waals surface area contributed by atoms with E-state index in [1.807, 2.05) is 0 Å². The monoisotopic (exact) mass is 324 g/mol. The number of hydrogen-bond acceptors (Lipinski definition) is 4. The van der Waals surface area contributed by atoms with E-state index in [1.165, 1.54) is 6.07 Å². The SMILES string of the molecule is CCCCCCOC(=O)CCCC(=O)OCc1ccccc1F. The van der Waals surface area contributed by atoms with Gasteiger partial charge in [0, 0.05) is 18.4 Å². The van der Waals surface area contributed by atoms with Crippen LogP contribution in [0.4, 0.5) is 4.39 Å². The fraction of sp³-hybridized carbons (Fsp3) is 0.556. The molecule has 1 rings (SSSR count). The van der Waals surface area contributed by atoms with Crippen LogP contribution in [0.3, 0.4) is 0 Å². The highest BCUT2D eigenvalue weighted by molar-refractivity contribution is 5.72. The normalized spacial score (nSPS) is 10.3. The van der Waals surface area contributed by atoms with Gasteiger partial charge >= 0.3 is 11.9 Å². The molecular weight excluding hydrogens is 299 g/mol. The molecule has 23 heavy (non-hydrogen) atoms. The number of ether oxygens (including phenoxy) is 2. The first-order chi connectivity index (χ1) is 11.1. The van der Waals surface area contributed by atoms with Crippen molar-refractivity contribution in [3.05, 3.63) is 35.6 Å². The molecule has 0 N–H and O–H groups in total. The summed E-state index contributed by atoms with van der Waals surface area (Å²) < 4.78 is 23.4. The Balaban J connectivity index is 2.07. The van der Waals surface area contributed by atoms with Gasteiger partial charge in [-0.25, -0.2) is 4.39 Å². The Morgan fingerprint density at radius 3 is 2.35 bits per heavy atom. The van der Waals surface area contributed by atoms with Gasteiger partial charge in [-0.15, -0.1) is 0 Å². The summed E-state index contributed by atoms with van der Waals surface area (Å²) in [5.74, 6) is -1.13. The summed E-state index contributed by atoms with van der Waals surface area (Å²) in [7, 11) is 0. The zero-order valence-corrected chi connectivity index (χ0v) is 13.7. The molecule has 0 aliphatic rings. The van der Waals surface area contributed by atoms with Crippen LogP contribution in [0.25, 0.3) is 0 Å². The van der Waals surface area contributed by atoms with Crippen LogP contribution in [-0.4, -0.2) is 18.5 Å². The van der Waals surface area contributed by atoms with E-state index < -0.39 is 11.8 Å². The van der Waals surface area contributed by atoms with Crippen LogP contribution in [0.1, 0.15) is 57.4 Å². The Kier molecular flexibility index (Phi) is 9.68. The maximum atomic E-state index is 13.3. The minimum absolute atomic E-state index is 0.0899. The van der Waals surface area contributed by atoms with Gasteiger partial charge in [-0.1, -0.05) is 44.4 Å². The second kappa shape index (κ2) is 11.6. The fourth-order valence-electron chi connectivity index (χ4n) is 2.01. The van der Waals surface area contributed by atoms with Crippen molar-refractivity contribution >= 4 is 11.9 Å². The second-order valence-electron chi connectivity index (χ2n) is 5.39. The van der Waals surface area contributed by atoms with Gasteiger partial charge in [-0.2, -0.15) is 0 Å². The average Bonchev–Trinajstić information content (AvgIpc) is 2.54. The van der Waals surface area contributed by atoms with Gasteiger partial charge < -0.3 is 9.47 Å². The first-order valence-corrected chi connectivity index (χ1v) is 8.18. The topological polar surface area (TPSA) is 52.6 Å². The zero-order valence-electron chi connectivity index (χ0n) is 13.7. The standard InChI is InChI=1S/C18H25FO4/c1-2-3-4-7-13-22-17(20)11-8-12-18(21)23-14-15-9-5-6-10-16(15)19/h5-6,9-10H,2-4,7-8,11-14H2,1H3. The van der Waals surface area contributed by atoms with E-state index in [1.54, 1.807) is 18.2 Å². The van der Waals surface area contributed by atoms with Crippen LogP contribution in [0.5, 0.6) is 0 Å². The molecule has 0 saturated heterocycles. The number of hydrogen-bond donors (Lipinski definition) is 0. The molecular formula is C18H25FO4. The molecule has 128 valence electrons. The van der Waals surface area contributed by atoms with Crippen molar-refractivity contribution in [2.24, 2.45) is 0 Å². The predicted octanol–water partition coefficient (Wildman–Crippen LogP) is 4.16. The van der Waals surface area contributed by atoms with E-state index >= 15 is 0 Å². The minimum Gasteiger partial charge on any atom is -0.466 e. The molecule has 0 heterocycles. The third-order valence-electron chi connectivity index (χ3n) is 3.37. The lowest BCUT2D eigenvalue weighted by Gasteiger charge is -2.06. The van der Waals surface area contributed by atoms with Crippen molar-refractivity contribution in [1.29, 1.82) is 0 Å². The zero-order chi connectivity index (χ0) is 16.9. The molecule has 0 unspecified atom stereocenters. The van der Waals surface area contributed by atoms with Gasteiger partial charge in [0.15, 0.2) is 0 Å². The van der Waals surface area contributed by atoms with Gasteiger partial charge in [0.05, 0.1) is 6.61 Å². The van der Waals surface area contributed by atoms with E-state index in [-0.39, 0.29) is 25.4 Å². The Labute approximate surface area is 137 Å². The Morgan fingerprint density at radius 2 is 1.65 bits per heavy atom. The second-order valence-corrected chi connectivity index (χ2v) is 5.39. The summed E-state index contributed by atoms with van der Waals surface area (Å²) in [6.45, 7) is 2.47. The fourth-order valence-corrected chi connectivity index (χ4v) is 2.01. The van der Waals surface area contributed by atoms with Crippen molar-refractivity contribution in [1.82, 2.24) is 0 Å². The summed E-state index contributed by atoms with van der Waals surface area (Å²) in [4.78, 5) is 23.0. The maximum Gasteiger partial charge on any atom is 0.306 e. The van der Waals surface area contributed by atoms with Crippen molar-refractivity contribution in [2.75, 3.05) is 6.61 Å².